The van der Waals surface area contributed by atoms with Crippen molar-refractivity contribution in [1.29, 1.82) is 0 Å². The van der Waals surface area contributed by atoms with Gasteiger partial charge in [-0.2, -0.15) is 0 Å². The van der Waals surface area contributed by atoms with Crippen LogP contribution in [0.15, 0.2) is 24.3 Å². The van der Waals surface area contributed by atoms with Crippen LogP contribution >= 0.6 is 0 Å². The Morgan fingerprint density at radius 1 is 1.00 bits per heavy atom. The Labute approximate surface area is 109 Å². The van der Waals surface area contributed by atoms with E-state index < -0.39 is 14.6 Å². The van der Waals surface area contributed by atoms with Crippen LogP contribution in [0.5, 0.6) is 0 Å². The van der Waals surface area contributed by atoms with Crippen molar-refractivity contribution in [2.45, 2.75) is 45.1 Å². The van der Waals surface area contributed by atoms with E-state index in [1.807, 2.05) is 20.8 Å². The van der Waals surface area contributed by atoms with Gasteiger partial charge in [-0.05, 0) is 37.0 Å². The zero-order valence-electron chi connectivity index (χ0n) is 11.6. The van der Waals surface area contributed by atoms with Crippen molar-refractivity contribution in [3.8, 4) is 0 Å². The lowest BCUT2D eigenvalue weighted by Crippen LogP contribution is -2.44. The maximum Gasteiger partial charge on any atom is 0.160 e. The highest BCUT2D eigenvalue weighted by Crippen LogP contribution is 2.38. The third-order valence-corrected chi connectivity index (χ3v) is 6.73. The molecule has 0 N–H and O–H groups in total. The summed E-state index contributed by atoms with van der Waals surface area (Å²) in [6, 6.07) is 5.61. The van der Waals surface area contributed by atoms with Crippen LogP contribution in [0, 0.1) is 11.2 Å². The summed E-state index contributed by atoms with van der Waals surface area (Å²) in [5.41, 5.74) is 0.264. The Bertz CT molecular complexity index is 508. The van der Waals surface area contributed by atoms with E-state index in [-0.39, 0.29) is 17.0 Å². The molecule has 0 saturated carbocycles. The zero-order valence-corrected chi connectivity index (χ0v) is 12.4. The molecule has 0 aliphatic carbocycles. The molecule has 0 radical (unpaired) electrons. The first-order valence-electron chi connectivity index (χ1n) is 5.94. The topological polar surface area (TPSA) is 34.1 Å². The molecule has 4 heteroatoms. The lowest BCUT2D eigenvalue weighted by atomic mass is 9.83. The molecule has 0 saturated heterocycles. The minimum absolute atomic E-state index is 0.0580. The predicted molar refractivity (Wildman–Crippen MR) is 72.6 cm³/mol. The molecule has 0 unspecified atom stereocenters. The van der Waals surface area contributed by atoms with E-state index in [0.717, 1.165) is 0 Å². The van der Waals surface area contributed by atoms with Gasteiger partial charge in [0, 0.05) is 0 Å². The number of hydrogen-bond donors (Lipinski definition) is 0. The molecule has 0 aliphatic heterocycles. The number of hydrogen-bond acceptors (Lipinski definition) is 2. The monoisotopic (exact) mass is 272 g/mol. The number of sulfone groups is 1. The van der Waals surface area contributed by atoms with Crippen molar-refractivity contribution in [3.05, 3.63) is 35.6 Å². The van der Waals surface area contributed by atoms with Crippen LogP contribution < -0.4 is 0 Å². The van der Waals surface area contributed by atoms with Gasteiger partial charge in [0.2, 0.25) is 0 Å². The minimum Gasteiger partial charge on any atom is -0.228 e. The van der Waals surface area contributed by atoms with Gasteiger partial charge in [0.15, 0.2) is 9.84 Å². The molecule has 0 fully saturated rings. The fourth-order valence-electron chi connectivity index (χ4n) is 1.45. The molecule has 1 aromatic rings. The van der Waals surface area contributed by atoms with E-state index >= 15 is 0 Å². The van der Waals surface area contributed by atoms with E-state index in [1.54, 1.807) is 13.8 Å². The lowest BCUT2D eigenvalue weighted by Gasteiger charge is -2.38. The number of rotatable bonds is 3. The maximum absolute atomic E-state index is 12.8. The Balaban J connectivity index is 3.06. The molecular weight excluding hydrogens is 251 g/mol. The van der Waals surface area contributed by atoms with Gasteiger partial charge in [0.25, 0.3) is 0 Å². The first-order valence-corrected chi connectivity index (χ1v) is 7.59. The SMILES string of the molecule is CC(C)(C)C(C)(C)S(=O)(=O)Cc1ccc(F)cc1. The van der Waals surface area contributed by atoms with Crippen LogP contribution in [0.4, 0.5) is 4.39 Å². The normalized spacial score (nSPS) is 13.7. The van der Waals surface area contributed by atoms with Gasteiger partial charge in [0.1, 0.15) is 5.82 Å². The minimum atomic E-state index is -3.31. The quantitative estimate of drug-likeness (QED) is 0.843. The molecule has 0 bridgehead atoms. The summed E-state index contributed by atoms with van der Waals surface area (Å²) in [5.74, 6) is -0.413. The highest BCUT2D eigenvalue weighted by molar-refractivity contribution is 7.92. The zero-order chi connectivity index (χ0) is 14.2. The standard InChI is InChI=1S/C14H21FO2S/c1-13(2,3)14(4,5)18(16,17)10-11-6-8-12(15)9-7-11/h6-9H,10H2,1-5H3. The summed E-state index contributed by atoms with van der Waals surface area (Å²) in [6.45, 7) is 9.22. The van der Waals surface area contributed by atoms with Gasteiger partial charge in [-0.25, -0.2) is 12.8 Å². The summed E-state index contributed by atoms with van der Waals surface area (Å²) in [6.07, 6.45) is 0. The molecule has 0 amide bonds. The van der Waals surface area contributed by atoms with Crippen LogP contribution in [0.3, 0.4) is 0 Å². The maximum atomic E-state index is 12.8. The van der Waals surface area contributed by atoms with Gasteiger partial charge < -0.3 is 0 Å². The van der Waals surface area contributed by atoms with Gasteiger partial charge in [-0.15, -0.1) is 0 Å². The molecule has 0 spiro atoms. The molecule has 0 heterocycles. The van der Waals surface area contributed by atoms with Crippen LogP contribution in [0.1, 0.15) is 40.2 Å². The van der Waals surface area contributed by atoms with Crippen LogP contribution in [0.25, 0.3) is 0 Å². The van der Waals surface area contributed by atoms with E-state index in [1.165, 1.54) is 24.3 Å². The summed E-state index contributed by atoms with van der Waals surface area (Å²) in [7, 11) is -3.31. The second-order valence-electron chi connectivity index (χ2n) is 6.15. The summed E-state index contributed by atoms with van der Waals surface area (Å²) in [5, 5.41) is 0. The van der Waals surface area contributed by atoms with E-state index in [2.05, 4.69) is 0 Å². The molecule has 1 rings (SSSR count). The van der Waals surface area contributed by atoms with Crippen molar-refractivity contribution in [1.82, 2.24) is 0 Å². The lowest BCUT2D eigenvalue weighted by molar-refractivity contribution is 0.302. The van der Waals surface area contributed by atoms with Crippen molar-refractivity contribution in [3.63, 3.8) is 0 Å². The predicted octanol–water partition coefficient (Wildman–Crippen LogP) is 3.57. The fraction of sp³-hybridized carbons (Fsp3) is 0.571. The smallest absolute Gasteiger partial charge is 0.160 e. The molecule has 1 aromatic carbocycles. The summed E-state index contributed by atoms with van der Waals surface area (Å²) >= 11 is 0. The van der Waals surface area contributed by atoms with Crippen molar-refractivity contribution >= 4 is 9.84 Å². The average molecular weight is 272 g/mol. The molecule has 2 nitrogen and oxygen atoms in total. The first-order chi connectivity index (χ1) is 7.97. The van der Waals surface area contributed by atoms with Crippen molar-refractivity contribution in [2.75, 3.05) is 0 Å². The molecule has 18 heavy (non-hydrogen) atoms. The van der Waals surface area contributed by atoms with E-state index in [4.69, 9.17) is 0 Å². The second kappa shape index (κ2) is 4.65. The number of benzene rings is 1. The van der Waals surface area contributed by atoms with E-state index in [0.29, 0.717) is 5.56 Å². The van der Waals surface area contributed by atoms with Crippen LogP contribution in [-0.4, -0.2) is 13.2 Å². The first kappa shape index (κ1) is 15.2. The van der Waals surface area contributed by atoms with Gasteiger partial charge in [0.05, 0.1) is 10.5 Å². The van der Waals surface area contributed by atoms with Gasteiger partial charge in [-0.3, -0.25) is 0 Å². The molecule has 0 aromatic heterocycles. The van der Waals surface area contributed by atoms with Gasteiger partial charge in [-0.1, -0.05) is 32.9 Å². The largest absolute Gasteiger partial charge is 0.228 e. The highest BCUT2D eigenvalue weighted by atomic mass is 32.2. The summed E-state index contributed by atoms with van der Waals surface area (Å²) in [4.78, 5) is 0. The Kier molecular flexibility index (Phi) is 3.92. The Morgan fingerprint density at radius 3 is 1.83 bits per heavy atom. The Morgan fingerprint density at radius 2 is 1.44 bits per heavy atom. The summed E-state index contributed by atoms with van der Waals surface area (Å²) < 4.78 is 36.9. The number of halogens is 1. The van der Waals surface area contributed by atoms with Gasteiger partial charge >= 0.3 is 0 Å². The van der Waals surface area contributed by atoms with E-state index in [9.17, 15) is 12.8 Å². The third kappa shape index (κ3) is 2.91. The molecule has 0 aliphatic rings. The third-order valence-electron chi connectivity index (χ3n) is 3.85. The van der Waals surface area contributed by atoms with Crippen LogP contribution in [-0.2, 0) is 15.6 Å². The van der Waals surface area contributed by atoms with Crippen molar-refractivity contribution in [2.24, 2.45) is 5.41 Å². The Hall–Kier alpha value is -0.900. The molecule has 102 valence electrons. The highest BCUT2D eigenvalue weighted by Gasteiger charge is 2.44. The second-order valence-corrected chi connectivity index (χ2v) is 8.68. The van der Waals surface area contributed by atoms with Crippen molar-refractivity contribution < 1.29 is 12.8 Å². The molecule has 0 atom stereocenters. The fourth-order valence-corrected chi connectivity index (χ4v) is 3.37. The average Bonchev–Trinajstić information content (AvgIpc) is 2.19. The molecular formula is C14H21FO2S. The van der Waals surface area contributed by atoms with Crippen LogP contribution in [0.2, 0.25) is 0 Å².